The molecule has 0 fully saturated rings. The molecule has 0 aliphatic carbocycles. The number of hydrogen-bond donors (Lipinski definition) is 5. The lowest BCUT2D eigenvalue weighted by atomic mass is 9.92. The Morgan fingerprint density at radius 2 is 2.19 bits per heavy atom. The minimum absolute atomic E-state index is 0.00260. The van der Waals surface area contributed by atoms with Gasteiger partial charge in [-0.25, -0.2) is 0 Å². The Morgan fingerprint density at radius 3 is 2.94 bits per heavy atom. The number of aliphatic carboxylic acids is 1. The van der Waals surface area contributed by atoms with E-state index in [2.05, 4.69) is 51.4 Å². The largest absolute Gasteiger partial charge is 0.481 e. The van der Waals surface area contributed by atoms with Crippen molar-refractivity contribution in [3.8, 4) is 0 Å². The van der Waals surface area contributed by atoms with Gasteiger partial charge in [-0.3, -0.25) is 14.8 Å². The predicted molar refractivity (Wildman–Crippen MR) is 127 cm³/mol. The first kappa shape index (κ1) is 21.5. The van der Waals surface area contributed by atoms with Crippen molar-refractivity contribution < 1.29 is 9.90 Å². The van der Waals surface area contributed by atoms with Crippen LogP contribution in [0.1, 0.15) is 41.6 Å². The Bertz CT molecular complexity index is 1120. The normalized spacial score (nSPS) is 18.2. The number of benzene rings is 2. The fourth-order valence-electron chi connectivity index (χ4n) is 4.29. The summed E-state index contributed by atoms with van der Waals surface area (Å²) in [6.45, 7) is 2.85. The van der Waals surface area contributed by atoms with Crippen LogP contribution in [0.15, 0.2) is 59.4 Å². The topological polar surface area (TPSA) is 115 Å². The van der Waals surface area contributed by atoms with E-state index in [4.69, 9.17) is 10.8 Å². The Kier molecular flexibility index (Phi) is 6.13. The van der Waals surface area contributed by atoms with Gasteiger partial charge in [0, 0.05) is 42.8 Å². The SMILES string of the molecule is CN=CC(=CN)c1ccc2c(c1)C(Nc1cccc(CC(=O)O)c1)CCN1NNC(C)=C21. The summed E-state index contributed by atoms with van der Waals surface area (Å²) in [6, 6.07) is 14.0. The summed E-state index contributed by atoms with van der Waals surface area (Å²) in [5.41, 5.74) is 20.3. The molecule has 0 saturated carbocycles. The fraction of sp³-hybridized carbons (Fsp3) is 0.250. The van der Waals surface area contributed by atoms with Crippen LogP contribution in [0.3, 0.4) is 0 Å². The van der Waals surface area contributed by atoms with Crippen LogP contribution < -0.4 is 22.0 Å². The molecule has 0 spiro atoms. The van der Waals surface area contributed by atoms with Gasteiger partial charge in [-0.2, -0.15) is 0 Å². The van der Waals surface area contributed by atoms with Crippen molar-refractivity contribution in [1.29, 1.82) is 0 Å². The summed E-state index contributed by atoms with van der Waals surface area (Å²) in [7, 11) is 1.73. The summed E-state index contributed by atoms with van der Waals surface area (Å²) in [5.74, 6) is -0.841. The number of nitrogens with one attached hydrogen (secondary N) is 3. The van der Waals surface area contributed by atoms with Crippen molar-refractivity contribution in [1.82, 2.24) is 16.0 Å². The van der Waals surface area contributed by atoms with E-state index in [-0.39, 0.29) is 12.5 Å². The highest BCUT2D eigenvalue weighted by Gasteiger charge is 2.30. The van der Waals surface area contributed by atoms with Gasteiger partial charge in [0.25, 0.3) is 0 Å². The molecule has 0 aromatic heterocycles. The van der Waals surface area contributed by atoms with E-state index < -0.39 is 5.97 Å². The number of anilines is 1. The Morgan fingerprint density at radius 1 is 1.34 bits per heavy atom. The van der Waals surface area contributed by atoms with Crippen molar-refractivity contribution in [2.24, 2.45) is 10.7 Å². The van der Waals surface area contributed by atoms with Crippen LogP contribution in [-0.2, 0) is 11.2 Å². The van der Waals surface area contributed by atoms with Crippen LogP contribution in [0.4, 0.5) is 5.69 Å². The quantitative estimate of drug-likeness (QED) is 0.446. The summed E-state index contributed by atoms with van der Waals surface area (Å²) >= 11 is 0. The lowest BCUT2D eigenvalue weighted by Crippen LogP contribution is -2.37. The maximum absolute atomic E-state index is 11.1. The van der Waals surface area contributed by atoms with Crippen LogP contribution in [-0.4, -0.2) is 35.9 Å². The number of nitrogens with zero attached hydrogens (tertiary/aromatic N) is 2. The molecule has 4 rings (SSSR count). The van der Waals surface area contributed by atoms with Crippen molar-refractivity contribution in [3.63, 3.8) is 0 Å². The van der Waals surface area contributed by atoms with Gasteiger partial charge in [-0.05, 0) is 48.2 Å². The van der Waals surface area contributed by atoms with E-state index in [1.807, 2.05) is 24.3 Å². The standard InChI is InChI=1S/C24H28N6O2/c1-15-24-20-7-6-17(18(13-25)14-26-2)12-21(20)22(8-9-30(24)29-28-15)27-19-5-3-4-16(10-19)11-23(31)32/h3-7,10,12-14,22,27-29H,8-9,11,25H2,1-2H3,(H,31,32). The minimum Gasteiger partial charge on any atom is -0.481 e. The molecule has 166 valence electrons. The molecule has 8 heteroatoms. The molecule has 2 aliphatic heterocycles. The monoisotopic (exact) mass is 432 g/mol. The molecule has 0 bridgehead atoms. The average molecular weight is 433 g/mol. The Balaban J connectivity index is 1.76. The molecule has 0 radical (unpaired) electrons. The van der Waals surface area contributed by atoms with E-state index >= 15 is 0 Å². The zero-order chi connectivity index (χ0) is 22.7. The van der Waals surface area contributed by atoms with Gasteiger partial charge in [-0.15, -0.1) is 5.53 Å². The lowest BCUT2D eigenvalue weighted by Gasteiger charge is -2.22. The molecular formula is C24H28N6O2. The molecule has 0 saturated heterocycles. The summed E-state index contributed by atoms with van der Waals surface area (Å²) in [5, 5.41) is 14.9. The smallest absolute Gasteiger partial charge is 0.307 e. The van der Waals surface area contributed by atoms with Gasteiger partial charge in [0.2, 0.25) is 0 Å². The van der Waals surface area contributed by atoms with Crippen molar-refractivity contribution in [2.45, 2.75) is 25.8 Å². The number of nitrogens with two attached hydrogens (primary N) is 1. The van der Waals surface area contributed by atoms with E-state index in [9.17, 15) is 4.79 Å². The highest BCUT2D eigenvalue weighted by molar-refractivity contribution is 6.09. The highest BCUT2D eigenvalue weighted by Crippen LogP contribution is 2.38. The highest BCUT2D eigenvalue weighted by atomic mass is 16.4. The molecule has 32 heavy (non-hydrogen) atoms. The van der Waals surface area contributed by atoms with Crippen molar-refractivity contribution >= 4 is 29.1 Å². The van der Waals surface area contributed by atoms with Crippen LogP contribution in [0.25, 0.3) is 11.3 Å². The van der Waals surface area contributed by atoms with Gasteiger partial charge in [-0.1, -0.05) is 24.3 Å². The Labute approximate surface area is 187 Å². The Hall–Kier alpha value is -3.78. The summed E-state index contributed by atoms with van der Waals surface area (Å²) in [4.78, 5) is 15.3. The molecule has 2 heterocycles. The van der Waals surface area contributed by atoms with Crippen LogP contribution in [0, 0.1) is 0 Å². The van der Waals surface area contributed by atoms with E-state index in [1.165, 1.54) is 0 Å². The second-order valence-corrected chi connectivity index (χ2v) is 7.93. The molecule has 2 aliphatic rings. The first-order valence-electron chi connectivity index (χ1n) is 10.6. The van der Waals surface area contributed by atoms with Gasteiger partial charge in [0.1, 0.15) is 0 Å². The molecule has 0 amide bonds. The molecule has 2 aromatic rings. The third-order valence-electron chi connectivity index (χ3n) is 5.73. The third kappa shape index (κ3) is 4.31. The second-order valence-electron chi connectivity index (χ2n) is 7.93. The number of carbonyl (C=O) groups is 1. The molecule has 6 N–H and O–H groups in total. The van der Waals surface area contributed by atoms with Crippen LogP contribution >= 0.6 is 0 Å². The molecule has 2 aromatic carbocycles. The average Bonchev–Trinajstić information content (AvgIpc) is 3.06. The molecular weight excluding hydrogens is 404 g/mol. The van der Waals surface area contributed by atoms with Gasteiger partial charge in [0.15, 0.2) is 0 Å². The second kappa shape index (κ2) is 9.15. The van der Waals surface area contributed by atoms with Gasteiger partial charge in [0.05, 0.1) is 23.9 Å². The fourth-order valence-corrected chi connectivity index (χ4v) is 4.29. The van der Waals surface area contributed by atoms with Gasteiger partial charge < -0.3 is 21.6 Å². The number of fused-ring (bicyclic) bond motifs is 3. The maximum atomic E-state index is 11.1. The van der Waals surface area contributed by atoms with E-state index in [0.717, 1.165) is 57.9 Å². The molecule has 1 atom stereocenters. The number of hydrogen-bond acceptors (Lipinski definition) is 7. The lowest BCUT2D eigenvalue weighted by molar-refractivity contribution is -0.136. The van der Waals surface area contributed by atoms with Crippen LogP contribution in [0.5, 0.6) is 0 Å². The first-order valence-corrected chi connectivity index (χ1v) is 10.6. The molecule has 8 nitrogen and oxygen atoms in total. The number of carboxylic acid groups (broad SMARTS) is 1. The van der Waals surface area contributed by atoms with E-state index in [1.54, 1.807) is 19.5 Å². The minimum atomic E-state index is -0.841. The number of rotatable bonds is 6. The van der Waals surface area contributed by atoms with E-state index in [0.29, 0.717) is 0 Å². The predicted octanol–water partition coefficient (Wildman–Crippen LogP) is 2.88. The zero-order valence-electron chi connectivity index (χ0n) is 18.2. The number of hydrazine groups is 2. The van der Waals surface area contributed by atoms with Gasteiger partial charge >= 0.3 is 5.97 Å². The third-order valence-corrected chi connectivity index (χ3v) is 5.73. The number of aliphatic imine (C=N–C) groups is 1. The zero-order valence-corrected chi connectivity index (χ0v) is 18.2. The maximum Gasteiger partial charge on any atom is 0.307 e. The number of carboxylic acids is 1. The van der Waals surface area contributed by atoms with Crippen molar-refractivity contribution in [3.05, 3.63) is 76.6 Å². The molecule has 1 unspecified atom stereocenters. The summed E-state index contributed by atoms with van der Waals surface area (Å²) < 4.78 is 0. The summed E-state index contributed by atoms with van der Waals surface area (Å²) in [6.07, 6.45) is 4.16. The number of allylic oxidation sites excluding steroid dienone is 2. The first-order chi connectivity index (χ1) is 15.5. The van der Waals surface area contributed by atoms with Crippen molar-refractivity contribution in [2.75, 3.05) is 18.9 Å². The van der Waals surface area contributed by atoms with Crippen LogP contribution in [0.2, 0.25) is 0 Å².